The Hall–Kier alpha value is -3.24. The van der Waals surface area contributed by atoms with E-state index in [0.29, 0.717) is 25.5 Å². The Bertz CT molecular complexity index is 1130. The number of aromatic nitrogens is 3. The minimum atomic E-state index is -0.159. The van der Waals surface area contributed by atoms with E-state index in [1.54, 1.807) is 0 Å². The SMILES string of the molecule is CC(NC(=O)CSc1nnc(N2CCOCC2)n1Cc1ccccc1)c1ccc2c(c1)OCO2. The van der Waals surface area contributed by atoms with Gasteiger partial charge in [0, 0.05) is 13.1 Å². The van der Waals surface area contributed by atoms with Crippen LogP contribution in [0.2, 0.25) is 0 Å². The van der Waals surface area contributed by atoms with E-state index in [1.807, 2.05) is 43.3 Å². The highest BCUT2D eigenvalue weighted by molar-refractivity contribution is 7.99. The fourth-order valence-corrected chi connectivity index (χ4v) is 4.71. The van der Waals surface area contributed by atoms with Crippen molar-refractivity contribution in [2.24, 2.45) is 0 Å². The highest BCUT2D eigenvalue weighted by Gasteiger charge is 2.22. The molecule has 178 valence electrons. The molecule has 34 heavy (non-hydrogen) atoms. The lowest BCUT2D eigenvalue weighted by atomic mass is 10.1. The van der Waals surface area contributed by atoms with Crippen LogP contribution in [0.3, 0.4) is 0 Å². The lowest BCUT2D eigenvalue weighted by Gasteiger charge is -2.28. The first kappa shape index (κ1) is 22.5. The number of ether oxygens (including phenoxy) is 3. The number of thioether (sulfide) groups is 1. The standard InChI is InChI=1S/C24H27N5O4S/c1-17(19-7-8-20-21(13-19)33-16-32-20)25-22(30)15-34-24-27-26-23(28-9-11-31-12-10-28)29(24)14-18-5-3-2-4-6-18/h2-8,13,17H,9-12,14-16H2,1H3,(H,25,30). The Morgan fingerprint density at radius 1 is 1.09 bits per heavy atom. The van der Waals surface area contributed by atoms with Gasteiger partial charge in [0.1, 0.15) is 0 Å². The molecule has 9 nitrogen and oxygen atoms in total. The minimum Gasteiger partial charge on any atom is -0.454 e. The smallest absolute Gasteiger partial charge is 0.231 e. The Kier molecular flexibility index (Phi) is 6.87. The van der Waals surface area contributed by atoms with Gasteiger partial charge in [0.05, 0.1) is 31.6 Å². The van der Waals surface area contributed by atoms with Gasteiger partial charge in [-0.3, -0.25) is 9.36 Å². The molecule has 10 heteroatoms. The third kappa shape index (κ3) is 5.13. The van der Waals surface area contributed by atoms with E-state index in [2.05, 4.69) is 37.1 Å². The maximum absolute atomic E-state index is 12.7. The number of benzene rings is 2. The fraction of sp³-hybridized carbons (Fsp3) is 0.375. The van der Waals surface area contributed by atoms with Crippen molar-refractivity contribution in [2.75, 3.05) is 43.7 Å². The highest BCUT2D eigenvalue weighted by Crippen LogP contribution is 2.34. The molecule has 1 unspecified atom stereocenters. The molecule has 0 saturated carbocycles. The van der Waals surface area contributed by atoms with E-state index >= 15 is 0 Å². The molecule has 1 N–H and O–H groups in total. The number of anilines is 1. The predicted molar refractivity (Wildman–Crippen MR) is 128 cm³/mol. The largest absolute Gasteiger partial charge is 0.454 e. The van der Waals surface area contributed by atoms with Gasteiger partial charge in [0.15, 0.2) is 16.7 Å². The van der Waals surface area contributed by atoms with Crippen molar-refractivity contribution >= 4 is 23.6 Å². The van der Waals surface area contributed by atoms with Crippen LogP contribution < -0.4 is 19.7 Å². The van der Waals surface area contributed by atoms with Crippen molar-refractivity contribution in [3.05, 3.63) is 59.7 Å². The summed E-state index contributed by atoms with van der Waals surface area (Å²) in [4.78, 5) is 14.9. The second-order valence-corrected chi connectivity index (χ2v) is 9.09. The number of nitrogens with zero attached hydrogens (tertiary/aromatic N) is 4. The van der Waals surface area contributed by atoms with Gasteiger partial charge in [-0.15, -0.1) is 10.2 Å². The number of carbonyl (C=O) groups excluding carboxylic acids is 1. The summed E-state index contributed by atoms with van der Waals surface area (Å²) in [6.07, 6.45) is 0. The molecule has 1 aromatic heterocycles. The summed E-state index contributed by atoms with van der Waals surface area (Å²) in [5, 5.41) is 12.7. The molecule has 0 spiro atoms. The summed E-state index contributed by atoms with van der Waals surface area (Å²) in [5.74, 6) is 2.41. The number of morpholine rings is 1. The van der Waals surface area contributed by atoms with Crippen LogP contribution in [0.15, 0.2) is 53.7 Å². The molecule has 1 saturated heterocycles. The average Bonchev–Trinajstić information content (AvgIpc) is 3.50. The first-order valence-corrected chi connectivity index (χ1v) is 12.3. The number of rotatable bonds is 8. The first-order chi connectivity index (χ1) is 16.7. The molecule has 1 fully saturated rings. The van der Waals surface area contributed by atoms with Gasteiger partial charge in [-0.2, -0.15) is 0 Å². The number of nitrogens with one attached hydrogen (secondary N) is 1. The van der Waals surface area contributed by atoms with Crippen LogP contribution >= 0.6 is 11.8 Å². The van der Waals surface area contributed by atoms with Gasteiger partial charge in [-0.1, -0.05) is 48.2 Å². The summed E-state index contributed by atoms with van der Waals surface area (Å²) in [7, 11) is 0. The topological polar surface area (TPSA) is 90.7 Å². The third-order valence-corrected chi connectivity index (χ3v) is 6.75. The Labute approximate surface area is 202 Å². The van der Waals surface area contributed by atoms with Gasteiger partial charge in [0.25, 0.3) is 0 Å². The number of hydrogen-bond acceptors (Lipinski definition) is 8. The van der Waals surface area contributed by atoms with Crippen molar-refractivity contribution in [3.8, 4) is 11.5 Å². The van der Waals surface area contributed by atoms with Crippen molar-refractivity contribution in [1.29, 1.82) is 0 Å². The Morgan fingerprint density at radius 2 is 1.88 bits per heavy atom. The second kappa shape index (κ2) is 10.4. The highest BCUT2D eigenvalue weighted by atomic mass is 32.2. The lowest BCUT2D eigenvalue weighted by molar-refractivity contribution is -0.119. The van der Waals surface area contributed by atoms with E-state index in [0.717, 1.165) is 41.1 Å². The van der Waals surface area contributed by atoms with Crippen molar-refractivity contribution in [2.45, 2.75) is 24.7 Å². The van der Waals surface area contributed by atoms with Crippen LogP contribution in [0.5, 0.6) is 11.5 Å². The van der Waals surface area contributed by atoms with E-state index in [1.165, 1.54) is 11.8 Å². The third-order valence-electron chi connectivity index (χ3n) is 5.78. The molecule has 0 aliphatic carbocycles. The van der Waals surface area contributed by atoms with Crippen LogP contribution in [0.4, 0.5) is 5.95 Å². The zero-order valence-corrected chi connectivity index (χ0v) is 19.8. The molecular formula is C24H27N5O4S. The summed E-state index contributed by atoms with van der Waals surface area (Å²) < 4.78 is 18.4. The molecule has 3 heterocycles. The average molecular weight is 482 g/mol. The van der Waals surface area contributed by atoms with Crippen LogP contribution in [-0.2, 0) is 16.1 Å². The summed E-state index contributed by atoms with van der Waals surface area (Å²) >= 11 is 1.39. The van der Waals surface area contributed by atoms with Crippen molar-refractivity contribution in [1.82, 2.24) is 20.1 Å². The normalized spacial score (nSPS) is 15.9. The molecule has 2 aliphatic heterocycles. The minimum absolute atomic E-state index is 0.0719. The molecule has 3 aromatic rings. The first-order valence-electron chi connectivity index (χ1n) is 11.3. The van der Waals surface area contributed by atoms with Crippen LogP contribution in [0.1, 0.15) is 24.1 Å². The van der Waals surface area contributed by atoms with E-state index < -0.39 is 0 Å². The van der Waals surface area contributed by atoms with Gasteiger partial charge in [0.2, 0.25) is 18.6 Å². The number of hydrogen-bond donors (Lipinski definition) is 1. The van der Waals surface area contributed by atoms with Crippen LogP contribution in [-0.4, -0.2) is 59.5 Å². The zero-order chi connectivity index (χ0) is 23.3. The second-order valence-electron chi connectivity index (χ2n) is 8.14. The number of fused-ring (bicyclic) bond motifs is 1. The van der Waals surface area contributed by atoms with Gasteiger partial charge in [-0.05, 0) is 30.2 Å². The monoisotopic (exact) mass is 481 g/mol. The molecule has 2 aliphatic rings. The van der Waals surface area contributed by atoms with Gasteiger partial charge < -0.3 is 24.4 Å². The predicted octanol–water partition coefficient (Wildman–Crippen LogP) is 2.86. The number of carbonyl (C=O) groups is 1. The molecule has 0 bridgehead atoms. The molecule has 1 atom stereocenters. The summed E-state index contributed by atoms with van der Waals surface area (Å²) in [5.41, 5.74) is 2.11. The number of amides is 1. The fourth-order valence-electron chi connectivity index (χ4n) is 3.97. The van der Waals surface area contributed by atoms with Crippen molar-refractivity contribution in [3.63, 3.8) is 0 Å². The van der Waals surface area contributed by atoms with Gasteiger partial charge in [-0.25, -0.2) is 0 Å². The maximum atomic E-state index is 12.7. The van der Waals surface area contributed by atoms with E-state index in [4.69, 9.17) is 14.2 Å². The summed E-state index contributed by atoms with van der Waals surface area (Å²) in [6.45, 7) is 5.69. The van der Waals surface area contributed by atoms with Gasteiger partial charge >= 0.3 is 0 Å². The van der Waals surface area contributed by atoms with E-state index in [-0.39, 0.29) is 24.5 Å². The molecule has 5 rings (SSSR count). The van der Waals surface area contributed by atoms with Crippen LogP contribution in [0, 0.1) is 0 Å². The Balaban J connectivity index is 1.26. The molecule has 1 amide bonds. The van der Waals surface area contributed by atoms with Crippen LogP contribution in [0.25, 0.3) is 0 Å². The molecule has 0 radical (unpaired) electrons. The van der Waals surface area contributed by atoms with E-state index in [9.17, 15) is 4.79 Å². The Morgan fingerprint density at radius 3 is 2.71 bits per heavy atom. The summed E-state index contributed by atoms with van der Waals surface area (Å²) in [6, 6.07) is 15.8. The molecule has 2 aromatic carbocycles. The van der Waals surface area contributed by atoms with Crippen molar-refractivity contribution < 1.29 is 19.0 Å². The zero-order valence-electron chi connectivity index (χ0n) is 19.0. The lowest BCUT2D eigenvalue weighted by Crippen LogP contribution is -2.38. The molecular weight excluding hydrogens is 454 g/mol. The quantitative estimate of drug-likeness (QED) is 0.491. The maximum Gasteiger partial charge on any atom is 0.231 e.